The number of nitrogens with one attached hydrogen (secondary N) is 1. The van der Waals surface area contributed by atoms with Crippen LogP contribution in [-0.2, 0) is 4.79 Å². The Bertz CT molecular complexity index is 1140. The van der Waals surface area contributed by atoms with E-state index in [0.29, 0.717) is 43.0 Å². The van der Waals surface area contributed by atoms with Crippen LogP contribution in [-0.4, -0.2) is 107 Å². The van der Waals surface area contributed by atoms with Crippen molar-refractivity contribution in [2.45, 2.75) is 38.0 Å². The molecule has 1 aromatic heterocycles. The van der Waals surface area contributed by atoms with Crippen LogP contribution in [0.3, 0.4) is 0 Å². The first-order valence-corrected chi connectivity index (χ1v) is 14.9. The first kappa shape index (κ1) is 29.2. The van der Waals surface area contributed by atoms with Crippen LogP contribution >= 0.6 is 23.4 Å². The first-order chi connectivity index (χ1) is 18.8. The van der Waals surface area contributed by atoms with E-state index in [1.807, 2.05) is 48.8 Å². The largest absolute Gasteiger partial charge is 0.353 e. The molecule has 0 radical (unpaired) electrons. The van der Waals surface area contributed by atoms with Crippen molar-refractivity contribution >= 4 is 47.2 Å². The predicted octanol–water partition coefficient (Wildman–Crippen LogP) is 3.71. The topological polar surface area (TPSA) is 84.9 Å². The number of amides is 3. The number of hydrogen-bond donors (Lipinski definition) is 1. The number of anilines is 1. The molecule has 0 saturated carbocycles. The average Bonchev–Trinajstić information content (AvgIpc) is 2.92. The Morgan fingerprint density at radius 2 is 1.85 bits per heavy atom. The van der Waals surface area contributed by atoms with Gasteiger partial charge in [0.1, 0.15) is 11.0 Å². The summed E-state index contributed by atoms with van der Waals surface area (Å²) in [5, 5.41) is 3.80. The van der Waals surface area contributed by atoms with E-state index in [2.05, 4.69) is 49.4 Å². The number of halogens is 1. The molecule has 4 rings (SSSR count). The number of hydrogen-bond acceptors (Lipinski definition) is 7. The zero-order valence-corrected chi connectivity index (χ0v) is 24.5. The summed E-state index contributed by atoms with van der Waals surface area (Å²) in [6.07, 6.45) is 4.31. The minimum absolute atomic E-state index is 0.0245. The molecule has 2 aliphatic rings. The summed E-state index contributed by atoms with van der Waals surface area (Å²) in [6, 6.07) is 12.1. The van der Waals surface area contributed by atoms with E-state index in [1.54, 1.807) is 6.07 Å². The Labute approximate surface area is 240 Å². The third-order valence-corrected chi connectivity index (χ3v) is 7.83. The molecule has 3 heterocycles. The van der Waals surface area contributed by atoms with Crippen LogP contribution in [0.2, 0.25) is 5.15 Å². The van der Waals surface area contributed by atoms with Crippen molar-refractivity contribution in [2.24, 2.45) is 0 Å². The Kier molecular flexibility index (Phi) is 10.5. The number of carbonyl (C=O) groups is 2. The second-order valence-electron chi connectivity index (χ2n) is 10.2. The number of piperazine rings is 2. The van der Waals surface area contributed by atoms with Crippen LogP contribution < -0.4 is 10.2 Å². The van der Waals surface area contributed by atoms with Gasteiger partial charge in [-0.15, -0.1) is 0 Å². The van der Waals surface area contributed by atoms with Gasteiger partial charge in [-0.25, -0.2) is 14.8 Å². The van der Waals surface area contributed by atoms with Gasteiger partial charge in [0.2, 0.25) is 5.91 Å². The van der Waals surface area contributed by atoms with Crippen molar-refractivity contribution in [1.29, 1.82) is 0 Å². The molecule has 2 saturated heterocycles. The fourth-order valence-corrected chi connectivity index (χ4v) is 5.69. The predicted molar refractivity (Wildman–Crippen MR) is 158 cm³/mol. The van der Waals surface area contributed by atoms with Crippen molar-refractivity contribution in [3.63, 3.8) is 0 Å². The summed E-state index contributed by atoms with van der Waals surface area (Å²) < 4.78 is 0. The summed E-state index contributed by atoms with van der Waals surface area (Å²) >= 11 is 7.65. The standard InChI is InChI=1S/C28H38ClN7O2S/c1-21(2)30-28(38)36-17-16-35(19-22(36)3)25-18-24(29)31-27(32-25)39-20-26(37)34-14-12-33(13-15-34)11-7-10-23-8-5-4-6-9-23/h4-10,18,21-22H,11-17,19-20H2,1-3H3,(H,30,38)/b10-7+. The Balaban J connectivity index is 1.24. The van der Waals surface area contributed by atoms with Gasteiger partial charge in [-0.05, 0) is 26.3 Å². The lowest BCUT2D eigenvalue weighted by atomic mass is 10.2. The number of urea groups is 1. The maximum Gasteiger partial charge on any atom is 0.317 e. The van der Waals surface area contributed by atoms with Crippen LogP contribution in [0.5, 0.6) is 0 Å². The highest BCUT2D eigenvalue weighted by Gasteiger charge is 2.29. The molecule has 1 atom stereocenters. The molecule has 0 bridgehead atoms. The number of aromatic nitrogens is 2. The fourth-order valence-electron chi connectivity index (χ4n) is 4.71. The number of thioether (sulfide) groups is 1. The molecule has 1 unspecified atom stereocenters. The minimum Gasteiger partial charge on any atom is -0.353 e. The molecule has 11 heteroatoms. The molecular weight excluding hydrogens is 534 g/mol. The fraction of sp³-hybridized carbons (Fsp3) is 0.500. The van der Waals surface area contributed by atoms with Crippen LogP contribution in [0.25, 0.3) is 6.08 Å². The summed E-state index contributed by atoms with van der Waals surface area (Å²) in [4.78, 5) is 42.6. The van der Waals surface area contributed by atoms with Gasteiger partial charge in [-0.3, -0.25) is 9.69 Å². The second kappa shape index (κ2) is 14.0. The summed E-state index contributed by atoms with van der Waals surface area (Å²) in [5.41, 5.74) is 1.19. The third-order valence-electron chi connectivity index (χ3n) is 6.81. The van der Waals surface area contributed by atoms with Crippen molar-refractivity contribution in [1.82, 2.24) is 30.0 Å². The molecular formula is C28H38ClN7O2S. The van der Waals surface area contributed by atoms with E-state index in [4.69, 9.17) is 11.6 Å². The average molecular weight is 572 g/mol. The van der Waals surface area contributed by atoms with E-state index >= 15 is 0 Å². The van der Waals surface area contributed by atoms with Crippen LogP contribution in [0.15, 0.2) is 47.6 Å². The normalized spacial score (nSPS) is 18.7. The summed E-state index contributed by atoms with van der Waals surface area (Å²) in [6.45, 7) is 11.8. The van der Waals surface area contributed by atoms with Gasteiger partial charge in [0.05, 0.1) is 5.75 Å². The van der Waals surface area contributed by atoms with Gasteiger partial charge < -0.3 is 20.0 Å². The Morgan fingerprint density at radius 3 is 2.54 bits per heavy atom. The smallest absolute Gasteiger partial charge is 0.317 e. The van der Waals surface area contributed by atoms with E-state index in [9.17, 15) is 9.59 Å². The highest BCUT2D eigenvalue weighted by Crippen LogP contribution is 2.24. The third kappa shape index (κ3) is 8.58. The molecule has 0 aliphatic carbocycles. The minimum atomic E-state index is -0.0443. The van der Waals surface area contributed by atoms with Crippen LogP contribution in [0.4, 0.5) is 10.6 Å². The zero-order chi connectivity index (χ0) is 27.8. The van der Waals surface area contributed by atoms with E-state index in [-0.39, 0.29) is 29.8 Å². The van der Waals surface area contributed by atoms with Gasteiger partial charge in [0.15, 0.2) is 5.16 Å². The molecule has 210 valence electrons. The number of rotatable bonds is 8. The molecule has 39 heavy (non-hydrogen) atoms. The molecule has 2 aliphatic heterocycles. The van der Waals surface area contributed by atoms with Gasteiger partial charge in [-0.2, -0.15) is 0 Å². The molecule has 1 N–H and O–H groups in total. The highest BCUT2D eigenvalue weighted by atomic mass is 35.5. The lowest BCUT2D eigenvalue weighted by Gasteiger charge is -2.40. The van der Waals surface area contributed by atoms with Crippen LogP contribution in [0, 0.1) is 0 Å². The maximum absolute atomic E-state index is 12.9. The number of nitrogens with zero attached hydrogens (tertiary/aromatic N) is 6. The van der Waals surface area contributed by atoms with E-state index in [1.165, 1.54) is 17.3 Å². The SMILES string of the molecule is CC(C)NC(=O)N1CCN(c2cc(Cl)nc(SCC(=O)N3CCN(C/C=C/c4ccccc4)CC3)n2)CC1C. The van der Waals surface area contributed by atoms with Gasteiger partial charge >= 0.3 is 6.03 Å². The molecule has 2 fully saturated rings. The Hall–Kier alpha value is -2.82. The van der Waals surface area contributed by atoms with E-state index in [0.717, 1.165) is 25.5 Å². The van der Waals surface area contributed by atoms with Gasteiger partial charge in [-0.1, -0.05) is 65.8 Å². The van der Waals surface area contributed by atoms with Crippen molar-refractivity contribution in [2.75, 3.05) is 63.0 Å². The first-order valence-electron chi connectivity index (χ1n) is 13.5. The highest BCUT2D eigenvalue weighted by molar-refractivity contribution is 7.99. The number of benzene rings is 1. The second-order valence-corrected chi connectivity index (χ2v) is 11.5. The quantitative estimate of drug-likeness (QED) is 0.294. The van der Waals surface area contributed by atoms with Crippen molar-refractivity contribution in [3.8, 4) is 0 Å². The van der Waals surface area contributed by atoms with Crippen LogP contribution in [0.1, 0.15) is 26.3 Å². The molecule has 0 spiro atoms. The van der Waals surface area contributed by atoms with E-state index < -0.39 is 0 Å². The monoisotopic (exact) mass is 571 g/mol. The Morgan fingerprint density at radius 1 is 1.10 bits per heavy atom. The van der Waals surface area contributed by atoms with Gasteiger partial charge in [0, 0.05) is 70.5 Å². The zero-order valence-electron chi connectivity index (χ0n) is 22.9. The van der Waals surface area contributed by atoms with Crippen molar-refractivity contribution in [3.05, 3.63) is 53.2 Å². The molecule has 2 aromatic rings. The molecule has 1 aromatic carbocycles. The lowest BCUT2D eigenvalue weighted by Crippen LogP contribution is -2.57. The summed E-state index contributed by atoms with van der Waals surface area (Å²) in [5.74, 6) is 1.08. The summed E-state index contributed by atoms with van der Waals surface area (Å²) in [7, 11) is 0. The molecule has 3 amide bonds. The van der Waals surface area contributed by atoms with Crippen molar-refractivity contribution < 1.29 is 9.59 Å². The molecule has 9 nitrogen and oxygen atoms in total. The van der Waals surface area contributed by atoms with Gasteiger partial charge in [0.25, 0.3) is 0 Å². The lowest BCUT2D eigenvalue weighted by molar-refractivity contribution is -0.130. The maximum atomic E-state index is 12.9. The number of carbonyl (C=O) groups excluding carboxylic acids is 2.